The smallest absolute Gasteiger partial charge is 0.336 e. The van der Waals surface area contributed by atoms with Crippen LogP contribution in [0.1, 0.15) is 23.7 Å². The molecule has 1 rings (SSSR count). The molecule has 0 aromatic carbocycles. The highest BCUT2D eigenvalue weighted by atomic mass is 32.2. The van der Waals surface area contributed by atoms with Crippen molar-refractivity contribution in [3.63, 3.8) is 0 Å². The zero-order chi connectivity index (χ0) is 14.6. The molecule has 0 fully saturated rings. The van der Waals surface area contributed by atoms with Crippen LogP contribution >= 0.6 is 23.1 Å². The maximum absolute atomic E-state index is 12.4. The van der Waals surface area contributed by atoms with Crippen molar-refractivity contribution in [3.05, 3.63) is 17.0 Å². The average molecular weight is 323 g/mol. The molecule has 0 radical (unpaired) electrons. The first kappa shape index (κ1) is 16.5. The molecular formula is C11H17NO4S3. The second-order valence-corrected chi connectivity index (χ2v) is 8.04. The molecule has 0 amide bonds. The van der Waals surface area contributed by atoms with Crippen molar-refractivity contribution >= 4 is 39.1 Å². The van der Waals surface area contributed by atoms with Crippen LogP contribution < -0.4 is 0 Å². The third-order valence-corrected chi connectivity index (χ3v) is 6.84. The second kappa shape index (κ2) is 6.74. The normalized spacial score (nSPS) is 13.7. The summed E-state index contributed by atoms with van der Waals surface area (Å²) in [4.78, 5) is 10.8. The molecule has 1 heterocycles. The minimum absolute atomic E-state index is 0.00916. The van der Waals surface area contributed by atoms with Crippen molar-refractivity contribution in [1.29, 1.82) is 0 Å². The van der Waals surface area contributed by atoms with E-state index in [1.165, 1.54) is 15.8 Å². The molecule has 108 valence electrons. The predicted molar refractivity (Wildman–Crippen MR) is 78.7 cm³/mol. The van der Waals surface area contributed by atoms with Crippen molar-refractivity contribution in [2.24, 2.45) is 0 Å². The standard InChI is InChI=1S/C11H17NO4S3/c1-4-9(7-17-3)12(2)19(15,16)10-5-8(6-18-10)11(13)14/h5-6,9H,4,7H2,1-3H3,(H,13,14). The molecule has 1 aromatic heterocycles. The van der Waals surface area contributed by atoms with Gasteiger partial charge in [0.05, 0.1) is 5.56 Å². The van der Waals surface area contributed by atoms with Gasteiger partial charge in [0.2, 0.25) is 0 Å². The number of carboxylic acid groups (broad SMARTS) is 1. The van der Waals surface area contributed by atoms with Gasteiger partial charge in [-0.2, -0.15) is 16.1 Å². The van der Waals surface area contributed by atoms with Crippen LogP contribution in [0.25, 0.3) is 0 Å². The van der Waals surface area contributed by atoms with Crippen molar-refractivity contribution in [1.82, 2.24) is 4.31 Å². The molecule has 1 N–H and O–H groups in total. The topological polar surface area (TPSA) is 74.7 Å². The summed E-state index contributed by atoms with van der Waals surface area (Å²) in [6.07, 6.45) is 2.64. The quantitative estimate of drug-likeness (QED) is 0.832. The molecule has 0 aliphatic heterocycles. The van der Waals surface area contributed by atoms with E-state index in [0.717, 1.165) is 11.3 Å². The van der Waals surface area contributed by atoms with Gasteiger partial charge in [0.1, 0.15) is 4.21 Å². The van der Waals surface area contributed by atoms with Crippen LogP contribution in [0.5, 0.6) is 0 Å². The number of rotatable bonds is 7. The van der Waals surface area contributed by atoms with Crippen LogP contribution in [0.4, 0.5) is 0 Å². The zero-order valence-electron chi connectivity index (χ0n) is 11.0. The number of hydrogen-bond donors (Lipinski definition) is 1. The van der Waals surface area contributed by atoms with E-state index >= 15 is 0 Å². The van der Waals surface area contributed by atoms with E-state index in [4.69, 9.17) is 5.11 Å². The summed E-state index contributed by atoms with van der Waals surface area (Å²) in [6, 6.07) is 1.13. The lowest BCUT2D eigenvalue weighted by Crippen LogP contribution is -2.37. The van der Waals surface area contributed by atoms with Crippen molar-refractivity contribution in [2.45, 2.75) is 23.6 Å². The summed E-state index contributed by atoms with van der Waals surface area (Å²) in [5.41, 5.74) is 0.00916. The van der Waals surface area contributed by atoms with Gasteiger partial charge in [-0.3, -0.25) is 0 Å². The molecule has 0 bridgehead atoms. The lowest BCUT2D eigenvalue weighted by molar-refractivity contribution is 0.0697. The first-order valence-corrected chi connectivity index (χ1v) is 9.34. The number of thioether (sulfide) groups is 1. The predicted octanol–water partition coefficient (Wildman–Crippen LogP) is 2.21. The summed E-state index contributed by atoms with van der Waals surface area (Å²) in [5, 5.41) is 10.2. The largest absolute Gasteiger partial charge is 0.478 e. The Bertz CT molecular complexity index is 538. The lowest BCUT2D eigenvalue weighted by atomic mass is 10.3. The number of carboxylic acids is 1. The Morgan fingerprint density at radius 3 is 2.63 bits per heavy atom. The Morgan fingerprint density at radius 1 is 1.58 bits per heavy atom. The molecule has 5 nitrogen and oxygen atoms in total. The molecule has 8 heteroatoms. The molecule has 19 heavy (non-hydrogen) atoms. The summed E-state index contributed by atoms with van der Waals surface area (Å²) in [5.74, 6) is -0.403. The fourth-order valence-corrected chi connectivity index (χ4v) is 5.28. The van der Waals surface area contributed by atoms with Gasteiger partial charge in [-0.25, -0.2) is 13.2 Å². The Labute approximate surface area is 121 Å². The molecule has 1 aromatic rings. The van der Waals surface area contributed by atoms with Crippen LogP contribution in [0.2, 0.25) is 0 Å². The minimum Gasteiger partial charge on any atom is -0.478 e. The molecule has 1 atom stereocenters. The van der Waals surface area contributed by atoms with E-state index in [2.05, 4.69) is 0 Å². The van der Waals surface area contributed by atoms with E-state index < -0.39 is 16.0 Å². The average Bonchev–Trinajstić information content (AvgIpc) is 2.85. The SMILES string of the molecule is CCC(CSC)N(C)S(=O)(=O)c1cc(C(=O)O)cs1. The molecule has 0 spiro atoms. The van der Waals surface area contributed by atoms with Crippen LogP contribution in [0.15, 0.2) is 15.7 Å². The van der Waals surface area contributed by atoms with Crippen LogP contribution in [-0.4, -0.2) is 48.9 Å². The first-order valence-electron chi connectivity index (χ1n) is 5.63. The number of sulfonamides is 1. The number of carbonyl (C=O) groups is 1. The highest BCUT2D eigenvalue weighted by Gasteiger charge is 2.28. The molecular weight excluding hydrogens is 306 g/mol. The van der Waals surface area contributed by atoms with Gasteiger partial charge in [-0.15, -0.1) is 11.3 Å². The van der Waals surface area contributed by atoms with E-state index in [-0.39, 0.29) is 15.8 Å². The number of nitrogens with zero attached hydrogens (tertiary/aromatic N) is 1. The third kappa shape index (κ3) is 3.71. The van der Waals surface area contributed by atoms with Crippen LogP contribution in [0.3, 0.4) is 0 Å². The lowest BCUT2D eigenvalue weighted by Gasteiger charge is -2.25. The van der Waals surface area contributed by atoms with Gasteiger partial charge in [-0.1, -0.05) is 6.92 Å². The maximum Gasteiger partial charge on any atom is 0.336 e. The molecule has 0 aliphatic rings. The van der Waals surface area contributed by atoms with E-state index in [9.17, 15) is 13.2 Å². The Hall–Kier alpha value is -0.570. The molecule has 0 saturated heterocycles. The molecule has 1 unspecified atom stereocenters. The number of aromatic carboxylic acids is 1. The van der Waals surface area contributed by atoms with E-state index in [0.29, 0.717) is 12.2 Å². The second-order valence-electron chi connectivity index (χ2n) is 4.00. The summed E-state index contributed by atoms with van der Waals surface area (Å²) < 4.78 is 26.2. The minimum atomic E-state index is -3.61. The van der Waals surface area contributed by atoms with Crippen LogP contribution in [0, 0.1) is 0 Å². The molecule has 0 aliphatic carbocycles. The third-order valence-electron chi connectivity index (χ3n) is 2.80. The van der Waals surface area contributed by atoms with Gasteiger partial charge in [0.15, 0.2) is 0 Å². The van der Waals surface area contributed by atoms with E-state index in [1.54, 1.807) is 18.8 Å². The fourth-order valence-electron chi connectivity index (χ4n) is 1.57. The summed E-state index contributed by atoms with van der Waals surface area (Å²) in [7, 11) is -2.07. The Kier molecular flexibility index (Phi) is 5.84. The fraction of sp³-hybridized carbons (Fsp3) is 0.545. The van der Waals surface area contributed by atoms with Gasteiger partial charge < -0.3 is 5.11 Å². The van der Waals surface area contributed by atoms with E-state index in [1.807, 2.05) is 13.2 Å². The molecule has 0 saturated carbocycles. The first-order chi connectivity index (χ1) is 8.84. The summed E-state index contributed by atoms with van der Waals surface area (Å²) in [6.45, 7) is 1.93. The summed E-state index contributed by atoms with van der Waals surface area (Å²) >= 11 is 2.53. The highest BCUT2D eigenvalue weighted by molar-refractivity contribution is 7.98. The number of thiophene rings is 1. The van der Waals surface area contributed by atoms with Gasteiger partial charge in [0.25, 0.3) is 10.0 Å². The maximum atomic E-state index is 12.4. The van der Waals surface area contributed by atoms with Crippen molar-refractivity contribution in [3.8, 4) is 0 Å². The van der Waals surface area contributed by atoms with Gasteiger partial charge in [0, 0.05) is 24.2 Å². The Balaban J connectivity index is 3.04. The highest BCUT2D eigenvalue weighted by Crippen LogP contribution is 2.25. The van der Waals surface area contributed by atoms with Crippen LogP contribution in [-0.2, 0) is 10.0 Å². The van der Waals surface area contributed by atoms with Crippen molar-refractivity contribution in [2.75, 3.05) is 19.1 Å². The van der Waals surface area contributed by atoms with Gasteiger partial charge in [-0.05, 0) is 18.7 Å². The monoisotopic (exact) mass is 323 g/mol. The van der Waals surface area contributed by atoms with Gasteiger partial charge >= 0.3 is 5.97 Å². The Morgan fingerprint density at radius 2 is 2.21 bits per heavy atom. The zero-order valence-corrected chi connectivity index (χ0v) is 13.4. The number of hydrogen-bond acceptors (Lipinski definition) is 5. The van der Waals surface area contributed by atoms with Crippen molar-refractivity contribution < 1.29 is 18.3 Å².